The van der Waals surface area contributed by atoms with Crippen LogP contribution in [0.3, 0.4) is 0 Å². The largest absolute Gasteiger partial charge is 0.426 e. The van der Waals surface area contributed by atoms with E-state index in [1.165, 1.54) is 22.3 Å². The number of carbonyl (C=O) groups is 1. The summed E-state index contributed by atoms with van der Waals surface area (Å²) in [5.41, 5.74) is 6.81. The second-order valence-corrected chi connectivity index (χ2v) is 6.07. The first-order valence-corrected chi connectivity index (χ1v) is 7.54. The van der Waals surface area contributed by atoms with Crippen molar-refractivity contribution in [2.24, 2.45) is 0 Å². The lowest BCUT2D eigenvalue weighted by atomic mass is 9.95. The van der Waals surface area contributed by atoms with E-state index in [0.29, 0.717) is 5.76 Å². The number of benzene rings is 2. The molecule has 0 aromatic heterocycles. The molecule has 1 atom stereocenters. The van der Waals surface area contributed by atoms with Crippen molar-refractivity contribution < 1.29 is 9.53 Å². The van der Waals surface area contributed by atoms with Gasteiger partial charge in [-0.25, -0.2) is 0 Å². The molecule has 1 heterocycles. The molecule has 0 amide bonds. The van der Waals surface area contributed by atoms with E-state index >= 15 is 0 Å². The van der Waals surface area contributed by atoms with Crippen LogP contribution in [0.25, 0.3) is 5.76 Å². The van der Waals surface area contributed by atoms with Crippen LogP contribution < -0.4 is 0 Å². The van der Waals surface area contributed by atoms with Crippen LogP contribution in [0.5, 0.6) is 0 Å². The van der Waals surface area contributed by atoms with Crippen molar-refractivity contribution >= 4 is 11.7 Å². The number of rotatable bonds is 2. The number of carbonyl (C=O) groups excluding carboxylic acids is 1. The first kappa shape index (κ1) is 14.6. The molecule has 0 saturated carbocycles. The Morgan fingerprint density at radius 1 is 0.818 bits per heavy atom. The van der Waals surface area contributed by atoms with Crippen molar-refractivity contribution in [3.63, 3.8) is 0 Å². The minimum Gasteiger partial charge on any atom is -0.426 e. The van der Waals surface area contributed by atoms with Crippen LogP contribution in [0.15, 0.2) is 42.5 Å². The van der Waals surface area contributed by atoms with Gasteiger partial charge in [0.25, 0.3) is 0 Å². The van der Waals surface area contributed by atoms with E-state index in [0.717, 1.165) is 11.1 Å². The molecule has 0 bridgehead atoms. The highest BCUT2D eigenvalue weighted by Crippen LogP contribution is 2.34. The number of ether oxygens (including phenoxy) is 1. The van der Waals surface area contributed by atoms with Crippen LogP contribution in [0, 0.1) is 27.7 Å². The average Bonchev–Trinajstić information content (AvgIpc) is 2.87. The number of aryl methyl sites for hydroxylation is 4. The van der Waals surface area contributed by atoms with Gasteiger partial charge in [0, 0.05) is 5.56 Å². The third-order valence-corrected chi connectivity index (χ3v) is 4.46. The topological polar surface area (TPSA) is 26.3 Å². The smallest absolute Gasteiger partial charge is 0.322 e. The van der Waals surface area contributed by atoms with E-state index in [2.05, 4.69) is 52.0 Å². The molecule has 0 N–H and O–H groups in total. The number of hydrogen-bond donors (Lipinski definition) is 0. The highest BCUT2D eigenvalue weighted by atomic mass is 16.5. The van der Waals surface area contributed by atoms with Gasteiger partial charge in [0.05, 0.1) is 0 Å². The zero-order valence-electron chi connectivity index (χ0n) is 13.4. The van der Waals surface area contributed by atoms with E-state index in [9.17, 15) is 4.79 Å². The fraction of sp³-hybridized carbons (Fsp3) is 0.250. The molecule has 1 aliphatic heterocycles. The van der Waals surface area contributed by atoms with Crippen molar-refractivity contribution in [3.8, 4) is 0 Å². The third-order valence-electron chi connectivity index (χ3n) is 4.46. The van der Waals surface area contributed by atoms with Gasteiger partial charge in [-0.2, -0.15) is 0 Å². The zero-order chi connectivity index (χ0) is 15.9. The fourth-order valence-electron chi connectivity index (χ4n) is 2.67. The summed E-state index contributed by atoms with van der Waals surface area (Å²) >= 11 is 0. The summed E-state index contributed by atoms with van der Waals surface area (Å²) < 4.78 is 5.50. The maximum Gasteiger partial charge on any atom is 0.322 e. The van der Waals surface area contributed by atoms with Gasteiger partial charge in [0.15, 0.2) is 0 Å². The van der Waals surface area contributed by atoms with Crippen molar-refractivity contribution in [1.82, 2.24) is 0 Å². The predicted molar refractivity (Wildman–Crippen MR) is 88.6 cm³/mol. The molecule has 0 saturated heterocycles. The molecule has 0 fully saturated rings. The van der Waals surface area contributed by atoms with Crippen LogP contribution >= 0.6 is 0 Å². The van der Waals surface area contributed by atoms with E-state index in [1.807, 2.05) is 18.2 Å². The minimum atomic E-state index is -0.309. The van der Waals surface area contributed by atoms with E-state index in [4.69, 9.17) is 4.74 Å². The molecular formula is C20H20O2. The Morgan fingerprint density at radius 3 is 2.09 bits per heavy atom. The lowest BCUT2D eigenvalue weighted by Gasteiger charge is -2.08. The lowest BCUT2D eigenvalue weighted by Crippen LogP contribution is -2.06. The summed E-state index contributed by atoms with van der Waals surface area (Å²) in [6.07, 6.45) is 1.93. The van der Waals surface area contributed by atoms with Gasteiger partial charge in [-0.1, -0.05) is 30.3 Å². The van der Waals surface area contributed by atoms with Crippen LogP contribution in [0.2, 0.25) is 0 Å². The van der Waals surface area contributed by atoms with Crippen molar-refractivity contribution in [1.29, 1.82) is 0 Å². The maximum atomic E-state index is 12.2. The van der Waals surface area contributed by atoms with Gasteiger partial charge < -0.3 is 4.74 Å². The number of hydrogen-bond acceptors (Lipinski definition) is 2. The van der Waals surface area contributed by atoms with Crippen LogP contribution in [0.4, 0.5) is 0 Å². The Bertz CT molecular complexity index is 784. The third kappa shape index (κ3) is 2.57. The van der Waals surface area contributed by atoms with E-state index in [-0.39, 0.29) is 11.9 Å². The molecule has 2 aromatic rings. The van der Waals surface area contributed by atoms with E-state index < -0.39 is 0 Å². The fourth-order valence-corrected chi connectivity index (χ4v) is 2.67. The molecular weight excluding hydrogens is 272 g/mol. The normalized spacial score (nSPS) is 17.4. The molecule has 112 valence electrons. The summed E-state index contributed by atoms with van der Waals surface area (Å²) in [4.78, 5) is 12.2. The molecule has 2 heteroatoms. The second-order valence-electron chi connectivity index (χ2n) is 6.07. The highest BCUT2D eigenvalue weighted by Gasteiger charge is 2.29. The van der Waals surface area contributed by atoms with Gasteiger partial charge >= 0.3 is 5.97 Å². The summed E-state index contributed by atoms with van der Waals surface area (Å²) in [5.74, 6) is 0.156. The van der Waals surface area contributed by atoms with Crippen molar-refractivity contribution in [2.45, 2.75) is 33.6 Å². The summed E-state index contributed by atoms with van der Waals surface area (Å²) in [6.45, 7) is 8.28. The molecule has 1 aliphatic rings. The Morgan fingerprint density at radius 2 is 1.45 bits per heavy atom. The molecule has 0 radical (unpaired) electrons. The molecule has 3 rings (SSSR count). The molecule has 22 heavy (non-hydrogen) atoms. The molecule has 0 spiro atoms. The van der Waals surface area contributed by atoms with Crippen molar-refractivity contribution in [3.05, 3.63) is 75.9 Å². The molecule has 2 aromatic carbocycles. The second kappa shape index (κ2) is 5.45. The average molecular weight is 292 g/mol. The molecule has 1 unspecified atom stereocenters. The predicted octanol–water partition coefficient (Wildman–Crippen LogP) is 4.60. The van der Waals surface area contributed by atoms with Crippen molar-refractivity contribution in [2.75, 3.05) is 0 Å². The van der Waals surface area contributed by atoms with Crippen LogP contribution in [0.1, 0.15) is 39.3 Å². The Labute approximate surface area is 131 Å². The minimum absolute atomic E-state index is 0.198. The molecule has 0 aliphatic carbocycles. The summed E-state index contributed by atoms with van der Waals surface area (Å²) in [6, 6.07) is 12.3. The zero-order valence-corrected chi connectivity index (χ0v) is 13.4. The Balaban J connectivity index is 1.97. The SMILES string of the molecule is Cc1ccc(C2=CC(c3ccc(C)c(C)c3)C(=O)O2)cc1C. The van der Waals surface area contributed by atoms with Gasteiger partial charge in [-0.3, -0.25) is 4.79 Å². The Kier molecular flexibility index (Phi) is 3.61. The first-order valence-electron chi connectivity index (χ1n) is 7.54. The number of esters is 1. The maximum absolute atomic E-state index is 12.2. The van der Waals surface area contributed by atoms with Gasteiger partial charge in [-0.15, -0.1) is 0 Å². The summed E-state index contributed by atoms with van der Waals surface area (Å²) in [7, 11) is 0. The van der Waals surface area contributed by atoms with Gasteiger partial charge in [0.2, 0.25) is 0 Å². The highest BCUT2D eigenvalue weighted by molar-refractivity contribution is 5.92. The monoisotopic (exact) mass is 292 g/mol. The van der Waals surface area contributed by atoms with Gasteiger partial charge in [0.1, 0.15) is 11.7 Å². The standard InChI is InChI=1S/C20H20O2/c1-12-5-7-16(9-14(12)3)18-11-19(22-20(18)21)17-8-6-13(2)15(4)10-17/h5-11,18H,1-4H3. The van der Waals surface area contributed by atoms with E-state index in [1.54, 1.807) is 0 Å². The summed E-state index contributed by atoms with van der Waals surface area (Å²) in [5, 5.41) is 0. The quantitative estimate of drug-likeness (QED) is 0.756. The van der Waals surface area contributed by atoms with Crippen LogP contribution in [-0.2, 0) is 9.53 Å². The Hall–Kier alpha value is -2.35. The molecule has 2 nitrogen and oxygen atoms in total. The number of cyclic esters (lactones) is 1. The van der Waals surface area contributed by atoms with Crippen LogP contribution in [-0.4, -0.2) is 5.97 Å². The first-order chi connectivity index (χ1) is 10.5. The van der Waals surface area contributed by atoms with Gasteiger partial charge in [-0.05, 0) is 67.7 Å². The lowest BCUT2D eigenvalue weighted by molar-refractivity contribution is -0.135.